The van der Waals surface area contributed by atoms with E-state index < -0.39 is 35.1 Å². The van der Waals surface area contributed by atoms with Gasteiger partial charge in [0.1, 0.15) is 35.7 Å². The normalized spacial score (nSPS) is 19.1. The third-order valence-electron chi connectivity index (χ3n) is 9.62. The number of nitrogens with two attached hydrogens (primary N) is 1. The maximum Gasteiger partial charge on any atom is 0.320 e. The van der Waals surface area contributed by atoms with E-state index in [0.29, 0.717) is 54.0 Å². The van der Waals surface area contributed by atoms with E-state index >= 15 is 4.39 Å². The lowest BCUT2D eigenvalue weighted by Crippen LogP contribution is -2.35. The SMILES string of the molecule is NCC(=O)OC1CN(CC(O)COc2ccc3c(Oc4ccc(NC(=O)C5(C(=O)Nc6ccccc6)CC5)cc4F)ccnc3c2)CC12CC2. The molecule has 1 aliphatic heterocycles. The summed E-state index contributed by atoms with van der Waals surface area (Å²) in [4.78, 5) is 44.2. The second-order valence-corrected chi connectivity index (χ2v) is 13.3. The van der Waals surface area contributed by atoms with Crippen LogP contribution >= 0.6 is 0 Å². The zero-order chi connectivity index (χ0) is 34.9. The van der Waals surface area contributed by atoms with Gasteiger partial charge in [-0.15, -0.1) is 0 Å². The zero-order valence-electron chi connectivity index (χ0n) is 27.3. The van der Waals surface area contributed by atoms with Crippen molar-refractivity contribution in [2.75, 3.05) is 43.4 Å². The van der Waals surface area contributed by atoms with Crippen molar-refractivity contribution in [3.8, 4) is 17.2 Å². The molecule has 50 heavy (non-hydrogen) atoms. The van der Waals surface area contributed by atoms with Crippen LogP contribution in [0.15, 0.2) is 79.0 Å². The first-order chi connectivity index (χ1) is 24.2. The number of hydrogen-bond acceptors (Lipinski definition) is 10. The van der Waals surface area contributed by atoms with E-state index in [-0.39, 0.29) is 36.1 Å². The van der Waals surface area contributed by atoms with Crippen LogP contribution in [0.4, 0.5) is 15.8 Å². The number of aliphatic hydroxyl groups is 1. The van der Waals surface area contributed by atoms with E-state index in [2.05, 4.69) is 20.5 Å². The van der Waals surface area contributed by atoms with E-state index in [0.717, 1.165) is 25.5 Å². The Labute approximate surface area is 287 Å². The van der Waals surface area contributed by atoms with Gasteiger partial charge in [0.2, 0.25) is 11.8 Å². The van der Waals surface area contributed by atoms with E-state index in [1.54, 1.807) is 48.5 Å². The molecule has 3 aliphatic rings. The first kappa shape index (κ1) is 33.4. The molecule has 260 valence electrons. The molecule has 2 aliphatic carbocycles. The fourth-order valence-corrected chi connectivity index (χ4v) is 6.50. The van der Waals surface area contributed by atoms with Crippen molar-refractivity contribution in [3.05, 3.63) is 84.8 Å². The predicted molar refractivity (Wildman–Crippen MR) is 182 cm³/mol. The molecule has 3 aromatic carbocycles. The number of hydrogen-bond donors (Lipinski definition) is 4. The van der Waals surface area contributed by atoms with Crippen LogP contribution in [0.2, 0.25) is 0 Å². The highest BCUT2D eigenvalue weighted by Gasteiger charge is 2.57. The minimum atomic E-state index is -1.20. The number of aliphatic hydroxyl groups excluding tert-OH is 1. The summed E-state index contributed by atoms with van der Waals surface area (Å²) in [7, 11) is 0. The number of halogens is 1. The second-order valence-electron chi connectivity index (χ2n) is 13.3. The maximum absolute atomic E-state index is 15.2. The minimum absolute atomic E-state index is 0.0299. The van der Waals surface area contributed by atoms with Crippen LogP contribution in [0.25, 0.3) is 10.9 Å². The summed E-state index contributed by atoms with van der Waals surface area (Å²) in [6.45, 7) is 1.58. The number of fused-ring (bicyclic) bond motifs is 1. The molecule has 2 amide bonds. The van der Waals surface area contributed by atoms with E-state index in [9.17, 15) is 19.5 Å². The number of carbonyl (C=O) groups is 3. The first-order valence-corrected chi connectivity index (χ1v) is 16.6. The molecule has 13 heteroatoms. The third-order valence-corrected chi connectivity index (χ3v) is 9.62. The van der Waals surface area contributed by atoms with Gasteiger partial charge in [0.25, 0.3) is 0 Å². The summed E-state index contributed by atoms with van der Waals surface area (Å²) in [6, 6.07) is 19.8. The number of pyridine rings is 1. The van der Waals surface area contributed by atoms with Gasteiger partial charge in [-0.2, -0.15) is 0 Å². The van der Waals surface area contributed by atoms with E-state index in [4.69, 9.17) is 19.9 Å². The van der Waals surface area contributed by atoms with Crippen LogP contribution in [0.5, 0.6) is 17.2 Å². The highest BCUT2D eigenvalue weighted by Crippen LogP contribution is 2.54. The molecule has 2 unspecified atom stereocenters. The van der Waals surface area contributed by atoms with Gasteiger partial charge < -0.3 is 35.7 Å². The number of amides is 2. The van der Waals surface area contributed by atoms with Crippen molar-refractivity contribution < 1.29 is 38.1 Å². The molecule has 1 spiro atoms. The number of ether oxygens (including phenoxy) is 3. The Hall–Kier alpha value is -5.11. The Morgan fingerprint density at radius 2 is 1.72 bits per heavy atom. The molecule has 4 aromatic rings. The lowest BCUT2D eigenvalue weighted by Gasteiger charge is -2.20. The van der Waals surface area contributed by atoms with Crippen molar-refractivity contribution >= 4 is 40.1 Å². The van der Waals surface area contributed by atoms with Crippen LogP contribution in [0.3, 0.4) is 0 Å². The van der Waals surface area contributed by atoms with Crippen LogP contribution in [-0.4, -0.2) is 77.8 Å². The standard InChI is InChI=1S/C37H38FN5O7/c38-28-16-24(42-35(47)37(13-14-37)34(46)41-23-4-2-1-3-5-23)6-9-31(28)49-30-10-15-40-29-17-26(7-8-27(29)30)48-21-25(44)19-43-20-32(50-33(45)18-39)36(22-43)11-12-36/h1-10,15-17,25,32,44H,11-14,18-22,39H2,(H,41,46)(H,42,47). The molecule has 3 fully saturated rings. The summed E-state index contributed by atoms with van der Waals surface area (Å²) in [5, 5.41) is 16.8. The molecule has 1 aromatic heterocycles. The largest absolute Gasteiger partial charge is 0.491 e. The first-order valence-electron chi connectivity index (χ1n) is 16.6. The fourth-order valence-electron chi connectivity index (χ4n) is 6.50. The number of nitrogens with zero attached hydrogens (tertiary/aromatic N) is 2. The number of carbonyl (C=O) groups excluding carboxylic acids is 3. The predicted octanol–water partition coefficient (Wildman–Crippen LogP) is 4.23. The highest BCUT2D eigenvalue weighted by atomic mass is 19.1. The molecule has 2 saturated carbocycles. The van der Waals surface area contributed by atoms with Crippen LogP contribution in [0, 0.1) is 16.6 Å². The number of anilines is 2. The molecule has 12 nitrogen and oxygen atoms in total. The van der Waals surface area contributed by atoms with E-state index in [1.807, 2.05) is 6.07 Å². The summed E-state index contributed by atoms with van der Waals surface area (Å²) < 4.78 is 32.6. The van der Waals surface area contributed by atoms with Crippen molar-refractivity contribution in [2.24, 2.45) is 16.6 Å². The Kier molecular flexibility index (Phi) is 9.12. The molecular formula is C37H38FN5O7. The molecule has 5 N–H and O–H groups in total. The molecule has 2 atom stereocenters. The number of likely N-dealkylation sites (tertiary alicyclic amines) is 1. The third kappa shape index (κ3) is 7.11. The van der Waals surface area contributed by atoms with Gasteiger partial charge in [-0.1, -0.05) is 18.2 Å². The molecule has 0 bridgehead atoms. The smallest absolute Gasteiger partial charge is 0.320 e. The van der Waals surface area contributed by atoms with Crippen LogP contribution in [-0.2, 0) is 19.1 Å². The topological polar surface area (TPSA) is 165 Å². The number of nitrogens with one attached hydrogen (secondary N) is 2. The summed E-state index contributed by atoms with van der Waals surface area (Å²) in [6.07, 6.45) is 3.34. The quantitative estimate of drug-likeness (QED) is 0.118. The molecule has 1 saturated heterocycles. The van der Waals surface area contributed by atoms with Crippen molar-refractivity contribution in [3.63, 3.8) is 0 Å². The minimum Gasteiger partial charge on any atom is -0.491 e. The number of para-hydroxylation sites is 1. The van der Waals surface area contributed by atoms with Gasteiger partial charge in [0.15, 0.2) is 11.6 Å². The van der Waals surface area contributed by atoms with Gasteiger partial charge in [0.05, 0.1) is 12.1 Å². The Morgan fingerprint density at radius 3 is 2.42 bits per heavy atom. The maximum atomic E-state index is 15.2. The molecule has 2 heterocycles. The second kappa shape index (κ2) is 13.7. The lowest BCUT2D eigenvalue weighted by molar-refractivity contribution is -0.149. The summed E-state index contributed by atoms with van der Waals surface area (Å²) >= 11 is 0. The Balaban J connectivity index is 0.938. The summed E-state index contributed by atoms with van der Waals surface area (Å²) in [5.41, 5.74) is 5.53. The van der Waals surface area contributed by atoms with Crippen molar-refractivity contribution in [1.82, 2.24) is 9.88 Å². The molecule has 0 radical (unpaired) electrons. The van der Waals surface area contributed by atoms with Gasteiger partial charge in [-0.3, -0.25) is 24.3 Å². The number of aromatic nitrogens is 1. The van der Waals surface area contributed by atoms with E-state index in [1.165, 1.54) is 18.3 Å². The number of rotatable bonds is 13. The zero-order valence-corrected chi connectivity index (χ0v) is 27.3. The van der Waals surface area contributed by atoms with Crippen molar-refractivity contribution in [2.45, 2.75) is 37.9 Å². The van der Waals surface area contributed by atoms with Crippen LogP contribution < -0.4 is 25.8 Å². The lowest BCUT2D eigenvalue weighted by atomic mass is 10.0. The number of benzene rings is 3. The van der Waals surface area contributed by atoms with Crippen LogP contribution in [0.1, 0.15) is 25.7 Å². The average Bonchev–Trinajstić information content (AvgIpc) is 4.04. The fraction of sp³-hybridized carbons (Fsp3) is 0.351. The van der Waals surface area contributed by atoms with Gasteiger partial charge in [0, 0.05) is 60.1 Å². The average molecular weight is 684 g/mol. The monoisotopic (exact) mass is 683 g/mol. The molecular weight excluding hydrogens is 645 g/mol. The Morgan fingerprint density at radius 1 is 0.960 bits per heavy atom. The number of esters is 1. The van der Waals surface area contributed by atoms with Gasteiger partial charge in [-0.25, -0.2) is 4.39 Å². The summed E-state index contributed by atoms with van der Waals surface area (Å²) in [5.74, 6) is -1.21. The van der Waals surface area contributed by atoms with Gasteiger partial charge in [-0.05, 0) is 68.1 Å². The Bertz CT molecular complexity index is 1920. The highest BCUT2D eigenvalue weighted by molar-refractivity contribution is 6.16. The van der Waals surface area contributed by atoms with Crippen molar-refractivity contribution in [1.29, 1.82) is 0 Å². The van der Waals surface area contributed by atoms with Gasteiger partial charge >= 0.3 is 5.97 Å². The molecule has 7 rings (SSSR count). The number of β-amino-alcohol motifs (C(OH)–C–C–N with tert-alkyl or cyclic N) is 1.